The van der Waals surface area contributed by atoms with E-state index in [9.17, 15) is 19.5 Å². The van der Waals surface area contributed by atoms with Gasteiger partial charge in [0.05, 0.1) is 35.6 Å². The van der Waals surface area contributed by atoms with Crippen molar-refractivity contribution < 1.29 is 24.2 Å². The molecule has 0 aliphatic carbocycles. The Balaban J connectivity index is 1.69. The molecule has 2 aromatic heterocycles. The van der Waals surface area contributed by atoms with E-state index in [1.54, 1.807) is 48.7 Å². The van der Waals surface area contributed by atoms with Gasteiger partial charge in [-0.3, -0.25) is 14.5 Å². The zero-order valence-corrected chi connectivity index (χ0v) is 21.6. The fourth-order valence-corrected chi connectivity index (χ4v) is 5.22. The lowest BCUT2D eigenvalue weighted by Crippen LogP contribution is -2.48. The predicted molar refractivity (Wildman–Crippen MR) is 136 cm³/mol. The molecule has 2 aliphatic rings. The number of fused-ring (bicyclic) bond motifs is 5. The molecule has 0 spiro atoms. The summed E-state index contributed by atoms with van der Waals surface area (Å²) >= 11 is 0. The van der Waals surface area contributed by atoms with Crippen LogP contribution in [0.15, 0.2) is 29.1 Å². The highest BCUT2D eigenvalue weighted by atomic mass is 16.6. The number of nitrogens with zero attached hydrogens (tertiary/aromatic N) is 4. The zero-order valence-electron chi connectivity index (χ0n) is 21.6. The number of ether oxygens (including phenoxy) is 2. The fraction of sp³-hybridized carbons (Fsp3) is 0.407. The van der Waals surface area contributed by atoms with Gasteiger partial charge in [0.15, 0.2) is 0 Å². The first-order valence-electron chi connectivity index (χ1n) is 12.2. The second kappa shape index (κ2) is 8.97. The van der Waals surface area contributed by atoms with Gasteiger partial charge in [-0.15, -0.1) is 0 Å². The van der Waals surface area contributed by atoms with Crippen molar-refractivity contribution in [3.05, 3.63) is 56.9 Å². The van der Waals surface area contributed by atoms with Crippen molar-refractivity contribution in [2.45, 2.75) is 38.6 Å². The third-order valence-electron chi connectivity index (χ3n) is 6.95. The van der Waals surface area contributed by atoms with Crippen LogP contribution in [0.3, 0.4) is 0 Å². The Kier molecular flexibility index (Phi) is 6.04. The van der Waals surface area contributed by atoms with Gasteiger partial charge in [0.2, 0.25) is 5.60 Å². The highest BCUT2D eigenvalue weighted by Crippen LogP contribution is 2.41. The van der Waals surface area contributed by atoms with E-state index < -0.39 is 17.5 Å². The van der Waals surface area contributed by atoms with E-state index in [2.05, 4.69) is 0 Å². The summed E-state index contributed by atoms with van der Waals surface area (Å²) in [4.78, 5) is 47.8. The maximum absolute atomic E-state index is 13.7. The van der Waals surface area contributed by atoms with Gasteiger partial charge < -0.3 is 24.0 Å². The molecule has 4 heterocycles. The number of pyridine rings is 2. The van der Waals surface area contributed by atoms with Crippen LogP contribution in [-0.4, -0.2) is 71.1 Å². The second-order valence-corrected chi connectivity index (χ2v) is 10.1. The first-order chi connectivity index (χ1) is 17.6. The summed E-state index contributed by atoms with van der Waals surface area (Å²) in [6.45, 7) is 2.34. The number of carbonyl (C=O) groups is 2. The van der Waals surface area contributed by atoms with Gasteiger partial charge in [-0.1, -0.05) is 6.92 Å². The van der Waals surface area contributed by atoms with Crippen LogP contribution in [0, 0.1) is 0 Å². The average Bonchev–Trinajstić information content (AvgIpc) is 3.19. The number of phenolic OH excluding ortho intramolecular Hbond substituents is 1. The number of benzene rings is 1. The maximum atomic E-state index is 13.7. The Labute approximate surface area is 214 Å². The molecule has 0 radical (unpaired) electrons. The van der Waals surface area contributed by atoms with Crippen LogP contribution in [0.1, 0.15) is 35.6 Å². The maximum Gasteiger partial charge on any atom is 0.355 e. The second-order valence-electron chi connectivity index (χ2n) is 10.1. The minimum absolute atomic E-state index is 0.0210. The normalized spacial score (nSPS) is 18.1. The molecule has 1 N–H and O–H groups in total. The first kappa shape index (κ1) is 24.9. The summed E-state index contributed by atoms with van der Waals surface area (Å²) in [6.07, 6.45) is 0.117. The predicted octanol–water partition coefficient (Wildman–Crippen LogP) is 1.96. The van der Waals surface area contributed by atoms with Gasteiger partial charge in [0, 0.05) is 28.6 Å². The molecule has 194 valence electrons. The molecule has 10 nitrogen and oxygen atoms in total. The number of carbonyl (C=O) groups excluding carboxylic acids is 2. The highest BCUT2D eigenvalue weighted by molar-refractivity contribution is 5.90. The smallest absolute Gasteiger partial charge is 0.355 e. The lowest BCUT2D eigenvalue weighted by molar-refractivity contribution is -0.189. The molecule has 1 aromatic carbocycles. The molecule has 5 rings (SSSR count). The quantitative estimate of drug-likeness (QED) is 0.392. The molecule has 0 saturated carbocycles. The molecule has 1 atom stereocenters. The van der Waals surface area contributed by atoms with Crippen LogP contribution in [0.4, 0.5) is 0 Å². The van der Waals surface area contributed by atoms with Crippen molar-refractivity contribution in [1.29, 1.82) is 0 Å². The molecule has 0 bridgehead atoms. The number of esters is 2. The number of rotatable bonds is 6. The fourth-order valence-electron chi connectivity index (χ4n) is 5.22. The number of phenols is 1. The molecule has 0 amide bonds. The van der Waals surface area contributed by atoms with Crippen molar-refractivity contribution in [3.8, 4) is 17.1 Å². The molecule has 0 saturated heterocycles. The van der Waals surface area contributed by atoms with Crippen molar-refractivity contribution >= 4 is 22.8 Å². The molecule has 10 heteroatoms. The van der Waals surface area contributed by atoms with Crippen LogP contribution in [0.5, 0.6) is 5.75 Å². The lowest BCUT2D eigenvalue weighted by atomic mass is 9.85. The van der Waals surface area contributed by atoms with E-state index in [4.69, 9.17) is 14.5 Å². The molecule has 3 aromatic rings. The van der Waals surface area contributed by atoms with Crippen molar-refractivity contribution in [1.82, 2.24) is 19.4 Å². The van der Waals surface area contributed by atoms with Crippen LogP contribution in [0.25, 0.3) is 22.3 Å². The van der Waals surface area contributed by atoms with E-state index >= 15 is 0 Å². The van der Waals surface area contributed by atoms with Crippen LogP contribution in [-0.2, 0) is 44.4 Å². The van der Waals surface area contributed by atoms with Crippen LogP contribution >= 0.6 is 0 Å². The molecule has 2 aliphatic heterocycles. The number of hydrogen-bond donors (Lipinski definition) is 1. The van der Waals surface area contributed by atoms with Gasteiger partial charge in [-0.25, -0.2) is 9.78 Å². The number of hydrogen-bond acceptors (Lipinski definition) is 9. The van der Waals surface area contributed by atoms with E-state index in [-0.39, 0.29) is 30.9 Å². The Morgan fingerprint density at radius 3 is 2.62 bits per heavy atom. The summed E-state index contributed by atoms with van der Waals surface area (Å²) in [5.41, 5.74) is 2.09. The van der Waals surface area contributed by atoms with Crippen LogP contribution in [0.2, 0.25) is 0 Å². The third-order valence-corrected chi connectivity index (χ3v) is 6.95. The van der Waals surface area contributed by atoms with E-state index in [0.717, 1.165) is 16.5 Å². The molecular formula is C27H30N4O6. The van der Waals surface area contributed by atoms with E-state index in [1.807, 2.05) is 25.1 Å². The standard InChI is InChI=1S/C27H30N4O6/c1-6-27(37-23(33)13-30(4)5)19-10-21-24-15(11-31(21)25(34)18(19)14-36-26(27)35)9-16-17(12-29(2)3)22(32)8-7-20(16)28-24/h7-10,32H,6,11-14H2,1-5H3/t27-/m0/s1. The monoisotopic (exact) mass is 506 g/mol. The number of likely N-dealkylation sites (N-methyl/N-ethyl adjacent to an activating group) is 1. The van der Waals surface area contributed by atoms with Crippen molar-refractivity contribution in [2.24, 2.45) is 0 Å². The molecular weight excluding hydrogens is 476 g/mol. The number of aromatic hydroxyl groups is 1. The summed E-state index contributed by atoms with van der Waals surface area (Å²) in [7, 11) is 7.30. The topological polar surface area (TPSA) is 114 Å². The summed E-state index contributed by atoms with van der Waals surface area (Å²) in [5.74, 6) is -1.09. The summed E-state index contributed by atoms with van der Waals surface area (Å²) < 4.78 is 12.7. The van der Waals surface area contributed by atoms with Crippen molar-refractivity contribution in [3.63, 3.8) is 0 Å². The number of aromatic nitrogens is 2. The molecule has 37 heavy (non-hydrogen) atoms. The molecule has 0 fully saturated rings. The van der Waals surface area contributed by atoms with Gasteiger partial charge in [-0.2, -0.15) is 0 Å². The highest BCUT2D eigenvalue weighted by Gasteiger charge is 2.50. The summed E-state index contributed by atoms with van der Waals surface area (Å²) in [6, 6.07) is 7.08. The van der Waals surface area contributed by atoms with E-state index in [1.165, 1.54) is 0 Å². The Morgan fingerprint density at radius 2 is 1.95 bits per heavy atom. The van der Waals surface area contributed by atoms with Gasteiger partial charge in [0.1, 0.15) is 12.4 Å². The Bertz CT molecular complexity index is 1510. The minimum atomic E-state index is -1.71. The Hall–Kier alpha value is -3.76. The largest absolute Gasteiger partial charge is 0.508 e. The molecule has 0 unspecified atom stereocenters. The van der Waals surface area contributed by atoms with Gasteiger partial charge in [-0.05, 0) is 58.9 Å². The first-order valence-corrected chi connectivity index (χ1v) is 12.2. The van der Waals surface area contributed by atoms with Crippen LogP contribution < -0.4 is 5.56 Å². The summed E-state index contributed by atoms with van der Waals surface area (Å²) in [5, 5.41) is 11.3. The third kappa shape index (κ3) is 3.96. The zero-order chi connectivity index (χ0) is 26.6. The van der Waals surface area contributed by atoms with Gasteiger partial charge >= 0.3 is 11.9 Å². The average molecular weight is 507 g/mol. The lowest BCUT2D eigenvalue weighted by Gasteiger charge is -2.35. The van der Waals surface area contributed by atoms with Crippen molar-refractivity contribution in [2.75, 3.05) is 34.7 Å². The Morgan fingerprint density at radius 1 is 1.19 bits per heavy atom. The number of cyclic esters (lactones) is 1. The van der Waals surface area contributed by atoms with Gasteiger partial charge in [0.25, 0.3) is 5.56 Å². The van der Waals surface area contributed by atoms with E-state index in [0.29, 0.717) is 41.1 Å². The minimum Gasteiger partial charge on any atom is -0.508 e. The SMILES string of the molecule is CC[C@@]1(OC(=O)CN(C)C)C(=O)OCc2c1cc1n(c2=O)Cc2cc3c(CN(C)C)c(O)ccc3nc2-1.